The van der Waals surface area contributed by atoms with Crippen molar-refractivity contribution in [3.05, 3.63) is 77.1 Å². The second-order valence-corrected chi connectivity index (χ2v) is 7.56. The molecule has 154 valence electrons. The van der Waals surface area contributed by atoms with Crippen LogP contribution in [0.15, 0.2) is 54.6 Å². The lowest BCUT2D eigenvalue weighted by molar-refractivity contribution is -0.127. The van der Waals surface area contributed by atoms with Gasteiger partial charge >= 0.3 is 0 Å². The van der Waals surface area contributed by atoms with E-state index in [4.69, 9.17) is 4.74 Å². The Hall–Kier alpha value is -3.41. The zero-order chi connectivity index (χ0) is 21.3. The van der Waals surface area contributed by atoms with Crippen molar-refractivity contribution in [2.45, 2.75) is 32.7 Å². The molecule has 6 nitrogen and oxygen atoms in total. The number of aryl methyl sites for hydroxylation is 1. The molecule has 1 aliphatic heterocycles. The Bertz CT molecular complexity index is 1090. The van der Waals surface area contributed by atoms with Gasteiger partial charge in [-0.1, -0.05) is 30.3 Å². The van der Waals surface area contributed by atoms with Crippen molar-refractivity contribution in [2.24, 2.45) is 0 Å². The van der Waals surface area contributed by atoms with E-state index in [2.05, 4.69) is 5.10 Å². The number of benzene rings is 2. The van der Waals surface area contributed by atoms with E-state index >= 15 is 0 Å². The Labute approximate surface area is 176 Å². The minimum Gasteiger partial charge on any atom is -0.497 e. The predicted molar refractivity (Wildman–Crippen MR) is 114 cm³/mol. The van der Waals surface area contributed by atoms with Crippen LogP contribution in [0.25, 0.3) is 5.69 Å². The molecule has 1 atom stereocenters. The molecule has 3 aromatic rings. The quantitative estimate of drug-likeness (QED) is 0.476. The van der Waals surface area contributed by atoms with Crippen LogP contribution < -0.4 is 4.74 Å². The first-order valence-corrected chi connectivity index (χ1v) is 10.1. The summed E-state index contributed by atoms with van der Waals surface area (Å²) in [4.78, 5) is 28.2. The molecule has 0 aliphatic carbocycles. The van der Waals surface area contributed by atoms with Gasteiger partial charge in [0, 0.05) is 6.54 Å². The van der Waals surface area contributed by atoms with Crippen LogP contribution in [0.3, 0.4) is 0 Å². The predicted octanol–water partition coefficient (Wildman–Crippen LogP) is 4.04. The van der Waals surface area contributed by atoms with E-state index < -0.39 is 11.7 Å². The number of hydrogen-bond acceptors (Lipinski definition) is 4. The number of Topliss-reactive ketones (excluding diaryl/α,β-unsaturated/α-hetero) is 1. The standard InChI is InChI=1S/C24H25N3O3/c1-16-22(17(2)27(25-16)19-10-5-4-6-11-19)23(28)24(29)26-14-8-13-21(26)18-9-7-12-20(15-18)30-3/h4-7,9-12,15,21H,8,13-14H2,1-3H3/t21-/m1/s1. The fourth-order valence-corrected chi connectivity index (χ4v) is 4.23. The molecule has 0 radical (unpaired) electrons. The van der Waals surface area contributed by atoms with Crippen molar-refractivity contribution < 1.29 is 14.3 Å². The third-order valence-corrected chi connectivity index (χ3v) is 5.71. The van der Waals surface area contributed by atoms with Crippen LogP contribution in [0.5, 0.6) is 5.75 Å². The van der Waals surface area contributed by atoms with Crippen LogP contribution in [0, 0.1) is 13.8 Å². The molecule has 30 heavy (non-hydrogen) atoms. The summed E-state index contributed by atoms with van der Waals surface area (Å²) in [6, 6.07) is 17.2. The zero-order valence-electron chi connectivity index (χ0n) is 17.5. The van der Waals surface area contributed by atoms with Gasteiger partial charge in [0.05, 0.1) is 35.8 Å². The number of amides is 1. The van der Waals surface area contributed by atoms with E-state index in [-0.39, 0.29) is 6.04 Å². The third kappa shape index (κ3) is 3.49. The number of hydrogen-bond donors (Lipinski definition) is 0. The van der Waals surface area contributed by atoms with E-state index in [9.17, 15) is 9.59 Å². The largest absolute Gasteiger partial charge is 0.497 e. The molecular formula is C24H25N3O3. The zero-order valence-corrected chi connectivity index (χ0v) is 17.5. The number of methoxy groups -OCH3 is 1. The number of para-hydroxylation sites is 1. The summed E-state index contributed by atoms with van der Waals surface area (Å²) in [5, 5.41) is 4.52. The third-order valence-electron chi connectivity index (χ3n) is 5.71. The molecule has 2 heterocycles. The second kappa shape index (κ2) is 8.14. The molecule has 4 rings (SSSR count). The Kier molecular flexibility index (Phi) is 5.40. The molecule has 1 amide bonds. The molecule has 1 aliphatic rings. The number of carbonyl (C=O) groups excluding carboxylic acids is 2. The van der Waals surface area contributed by atoms with Crippen LogP contribution in [0.2, 0.25) is 0 Å². The van der Waals surface area contributed by atoms with E-state index in [1.807, 2.05) is 61.5 Å². The summed E-state index contributed by atoms with van der Waals surface area (Å²) in [5.74, 6) is -0.227. The van der Waals surface area contributed by atoms with Gasteiger partial charge in [0.1, 0.15) is 5.75 Å². The smallest absolute Gasteiger partial charge is 0.295 e. The highest BCUT2D eigenvalue weighted by molar-refractivity contribution is 6.43. The maximum atomic E-state index is 13.2. The molecule has 0 N–H and O–H groups in total. The minimum atomic E-state index is -0.498. The van der Waals surface area contributed by atoms with Gasteiger partial charge in [-0.3, -0.25) is 9.59 Å². The monoisotopic (exact) mass is 403 g/mol. The number of nitrogens with zero attached hydrogens (tertiary/aromatic N) is 3. The summed E-state index contributed by atoms with van der Waals surface area (Å²) >= 11 is 0. The van der Waals surface area contributed by atoms with Gasteiger partial charge in [-0.15, -0.1) is 0 Å². The van der Waals surface area contributed by atoms with Gasteiger partial charge in [-0.25, -0.2) is 4.68 Å². The summed E-state index contributed by atoms with van der Waals surface area (Å²) in [5.41, 5.74) is 3.47. The molecule has 0 bridgehead atoms. The van der Waals surface area contributed by atoms with Crippen molar-refractivity contribution in [1.29, 1.82) is 0 Å². The van der Waals surface area contributed by atoms with Crippen LogP contribution >= 0.6 is 0 Å². The SMILES string of the molecule is COc1cccc([C@H]2CCCN2C(=O)C(=O)c2c(C)nn(-c3ccccc3)c2C)c1. The molecule has 2 aromatic carbocycles. The van der Waals surface area contributed by atoms with E-state index in [1.165, 1.54) is 0 Å². The Balaban J connectivity index is 1.64. The number of ketones is 1. The molecule has 0 spiro atoms. The molecule has 1 fully saturated rings. The van der Waals surface area contributed by atoms with Gasteiger partial charge < -0.3 is 9.64 Å². The van der Waals surface area contributed by atoms with Gasteiger partial charge in [0.25, 0.3) is 11.7 Å². The Morgan fingerprint density at radius 3 is 2.57 bits per heavy atom. The number of aromatic nitrogens is 2. The highest BCUT2D eigenvalue weighted by Crippen LogP contribution is 2.34. The summed E-state index contributed by atoms with van der Waals surface area (Å²) in [7, 11) is 1.62. The number of likely N-dealkylation sites (tertiary alicyclic amines) is 1. The molecule has 0 unspecified atom stereocenters. The number of carbonyl (C=O) groups is 2. The second-order valence-electron chi connectivity index (χ2n) is 7.56. The molecule has 1 aromatic heterocycles. The first-order chi connectivity index (χ1) is 14.5. The molecule has 0 saturated carbocycles. The lowest BCUT2D eigenvalue weighted by Gasteiger charge is -2.24. The number of ether oxygens (including phenoxy) is 1. The Morgan fingerprint density at radius 1 is 1.07 bits per heavy atom. The Morgan fingerprint density at radius 2 is 1.83 bits per heavy atom. The van der Waals surface area contributed by atoms with Crippen molar-refractivity contribution >= 4 is 11.7 Å². The van der Waals surface area contributed by atoms with E-state index in [0.717, 1.165) is 29.8 Å². The molecule has 6 heteroatoms. The average molecular weight is 403 g/mol. The van der Waals surface area contributed by atoms with E-state index in [0.29, 0.717) is 23.5 Å². The highest BCUT2D eigenvalue weighted by Gasteiger charge is 2.36. The minimum absolute atomic E-state index is 0.124. The van der Waals surface area contributed by atoms with Crippen LogP contribution in [0.4, 0.5) is 0 Å². The normalized spacial score (nSPS) is 16.0. The van der Waals surface area contributed by atoms with Gasteiger partial charge in [-0.05, 0) is 56.5 Å². The molecular weight excluding hydrogens is 378 g/mol. The van der Waals surface area contributed by atoms with Crippen molar-refractivity contribution in [3.8, 4) is 11.4 Å². The van der Waals surface area contributed by atoms with Gasteiger partial charge in [0.2, 0.25) is 0 Å². The van der Waals surface area contributed by atoms with Crippen LogP contribution in [0.1, 0.15) is 46.2 Å². The van der Waals surface area contributed by atoms with Crippen LogP contribution in [-0.2, 0) is 4.79 Å². The topological polar surface area (TPSA) is 64.4 Å². The lowest BCUT2D eigenvalue weighted by atomic mass is 10.0. The summed E-state index contributed by atoms with van der Waals surface area (Å²) in [6.45, 7) is 4.17. The highest BCUT2D eigenvalue weighted by atomic mass is 16.5. The summed E-state index contributed by atoms with van der Waals surface area (Å²) < 4.78 is 7.04. The lowest BCUT2D eigenvalue weighted by Crippen LogP contribution is -2.36. The van der Waals surface area contributed by atoms with Crippen molar-refractivity contribution in [3.63, 3.8) is 0 Å². The van der Waals surface area contributed by atoms with Crippen molar-refractivity contribution in [1.82, 2.24) is 14.7 Å². The van der Waals surface area contributed by atoms with E-state index in [1.54, 1.807) is 23.6 Å². The fourth-order valence-electron chi connectivity index (χ4n) is 4.23. The first-order valence-electron chi connectivity index (χ1n) is 10.1. The number of rotatable bonds is 5. The molecule has 1 saturated heterocycles. The maximum Gasteiger partial charge on any atom is 0.295 e. The van der Waals surface area contributed by atoms with Gasteiger partial charge in [0.15, 0.2) is 0 Å². The fraction of sp³-hybridized carbons (Fsp3) is 0.292. The van der Waals surface area contributed by atoms with Crippen LogP contribution in [-0.4, -0.2) is 40.0 Å². The maximum absolute atomic E-state index is 13.2. The first kappa shape index (κ1) is 19.9. The van der Waals surface area contributed by atoms with Crippen molar-refractivity contribution in [2.75, 3.05) is 13.7 Å². The average Bonchev–Trinajstić information content (AvgIpc) is 3.38. The van der Waals surface area contributed by atoms with Gasteiger partial charge in [-0.2, -0.15) is 5.10 Å². The summed E-state index contributed by atoms with van der Waals surface area (Å²) in [6.07, 6.45) is 1.69.